The van der Waals surface area contributed by atoms with Gasteiger partial charge in [0.1, 0.15) is 5.03 Å². The van der Waals surface area contributed by atoms with Gasteiger partial charge in [-0.3, -0.25) is 0 Å². The SMILES string of the molecule is CC(C)(C)C(CSSc1ccccn1)N=C(N)N. The van der Waals surface area contributed by atoms with E-state index in [4.69, 9.17) is 11.5 Å². The van der Waals surface area contributed by atoms with E-state index < -0.39 is 0 Å². The molecular weight excluding hydrogens is 264 g/mol. The van der Waals surface area contributed by atoms with Crippen LogP contribution in [0.4, 0.5) is 0 Å². The first-order valence-electron chi connectivity index (χ1n) is 5.69. The molecule has 4 N–H and O–H groups in total. The molecule has 4 nitrogen and oxygen atoms in total. The lowest BCUT2D eigenvalue weighted by Gasteiger charge is -2.26. The molecule has 0 aliphatic heterocycles. The average molecular weight is 284 g/mol. The summed E-state index contributed by atoms with van der Waals surface area (Å²) in [6.45, 7) is 6.41. The van der Waals surface area contributed by atoms with Crippen molar-refractivity contribution in [1.82, 2.24) is 4.98 Å². The fourth-order valence-corrected chi connectivity index (χ4v) is 3.60. The van der Waals surface area contributed by atoms with Crippen molar-refractivity contribution < 1.29 is 0 Å². The molecule has 6 heteroatoms. The van der Waals surface area contributed by atoms with Crippen LogP contribution >= 0.6 is 21.6 Å². The van der Waals surface area contributed by atoms with E-state index in [1.807, 2.05) is 18.2 Å². The minimum Gasteiger partial charge on any atom is -0.370 e. The van der Waals surface area contributed by atoms with E-state index in [9.17, 15) is 0 Å². The van der Waals surface area contributed by atoms with Gasteiger partial charge in [0.25, 0.3) is 0 Å². The highest BCUT2D eigenvalue weighted by Crippen LogP contribution is 2.34. The van der Waals surface area contributed by atoms with Gasteiger partial charge in [-0.15, -0.1) is 0 Å². The Balaban J connectivity index is 2.51. The molecular formula is C12H20N4S2. The van der Waals surface area contributed by atoms with E-state index in [1.54, 1.807) is 27.8 Å². The summed E-state index contributed by atoms with van der Waals surface area (Å²) in [6, 6.07) is 5.98. The largest absolute Gasteiger partial charge is 0.370 e. The standard InChI is InChI=1S/C12H20N4S2/c1-12(2,3)9(16-11(13)14)8-17-18-10-6-4-5-7-15-10/h4-7,9H,8H2,1-3H3,(H4,13,14,16). The molecule has 0 bridgehead atoms. The van der Waals surface area contributed by atoms with Crippen molar-refractivity contribution in [3.05, 3.63) is 24.4 Å². The molecule has 0 spiro atoms. The van der Waals surface area contributed by atoms with Crippen LogP contribution in [-0.2, 0) is 0 Å². The molecule has 0 saturated carbocycles. The quantitative estimate of drug-likeness (QED) is 0.493. The first-order chi connectivity index (χ1) is 8.39. The van der Waals surface area contributed by atoms with Crippen LogP contribution in [0.2, 0.25) is 0 Å². The van der Waals surface area contributed by atoms with Gasteiger partial charge in [-0.25, -0.2) is 9.98 Å². The lowest BCUT2D eigenvalue weighted by molar-refractivity contribution is 0.346. The van der Waals surface area contributed by atoms with Crippen molar-refractivity contribution in [2.75, 3.05) is 5.75 Å². The van der Waals surface area contributed by atoms with E-state index in [0.29, 0.717) is 0 Å². The molecule has 1 rings (SSSR count). The van der Waals surface area contributed by atoms with Gasteiger partial charge in [0, 0.05) is 11.9 Å². The summed E-state index contributed by atoms with van der Waals surface area (Å²) in [5, 5.41) is 1.000. The molecule has 18 heavy (non-hydrogen) atoms. The van der Waals surface area contributed by atoms with Gasteiger partial charge in [0.05, 0.1) is 6.04 Å². The van der Waals surface area contributed by atoms with Crippen LogP contribution in [0.5, 0.6) is 0 Å². The van der Waals surface area contributed by atoms with Gasteiger partial charge in [-0.1, -0.05) is 37.6 Å². The second-order valence-electron chi connectivity index (χ2n) is 4.97. The monoisotopic (exact) mass is 284 g/mol. The number of aromatic nitrogens is 1. The van der Waals surface area contributed by atoms with Crippen molar-refractivity contribution in [2.24, 2.45) is 21.9 Å². The Morgan fingerprint density at radius 1 is 1.39 bits per heavy atom. The lowest BCUT2D eigenvalue weighted by atomic mass is 9.88. The molecule has 1 atom stereocenters. The summed E-state index contributed by atoms with van der Waals surface area (Å²) in [5.74, 6) is 1.00. The van der Waals surface area contributed by atoms with Crippen LogP contribution in [-0.4, -0.2) is 22.7 Å². The molecule has 1 unspecified atom stereocenters. The second kappa shape index (κ2) is 6.89. The molecule has 0 saturated heterocycles. The Hall–Kier alpha value is -0.880. The van der Waals surface area contributed by atoms with Crippen molar-refractivity contribution in [2.45, 2.75) is 31.8 Å². The molecule has 0 fully saturated rings. The van der Waals surface area contributed by atoms with Crippen LogP contribution in [0.15, 0.2) is 34.4 Å². The average Bonchev–Trinajstić information content (AvgIpc) is 2.27. The van der Waals surface area contributed by atoms with Crippen LogP contribution in [0.3, 0.4) is 0 Å². The Bertz CT molecular complexity index is 383. The number of nitrogens with zero attached hydrogens (tertiary/aromatic N) is 2. The summed E-state index contributed by atoms with van der Waals surface area (Å²) in [4.78, 5) is 8.55. The molecule has 0 aliphatic carbocycles. The zero-order chi connectivity index (χ0) is 13.6. The minimum absolute atomic E-state index is 0.0433. The van der Waals surface area contributed by atoms with Gasteiger partial charge < -0.3 is 11.5 Å². The number of nitrogens with two attached hydrogens (primary N) is 2. The van der Waals surface area contributed by atoms with Crippen LogP contribution in [0.1, 0.15) is 20.8 Å². The predicted octanol–water partition coefficient (Wildman–Crippen LogP) is 2.51. The number of hydrogen-bond donors (Lipinski definition) is 2. The smallest absolute Gasteiger partial charge is 0.186 e. The number of guanidine groups is 1. The Morgan fingerprint density at radius 2 is 2.11 bits per heavy atom. The number of aliphatic imine (C=N–C) groups is 1. The number of rotatable bonds is 5. The fraction of sp³-hybridized carbons (Fsp3) is 0.500. The van der Waals surface area contributed by atoms with E-state index in [1.165, 1.54) is 0 Å². The highest BCUT2D eigenvalue weighted by atomic mass is 33.1. The molecule has 1 aromatic heterocycles. The highest BCUT2D eigenvalue weighted by molar-refractivity contribution is 8.76. The zero-order valence-corrected chi connectivity index (χ0v) is 12.6. The summed E-state index contributed by atoms with van der Waals surface area (Å²) in [7, 11) is 3.37. The third kappa shape index (κ3) is 5.64. The maximum atomic E-state index is 5.47. The normalized spacial score (nSPS) is 13.1. The van der Waals surface area contributed by atoms with Crippen molar-refractivity contribution in [1.29, 1.82) is 0 Å². The van der Waals surface area contributed by atoms with E-state index >= 15 is 0 Å². The van der Waals surface area contributed by atoms with E-state index in [0.717, 1.165) is 10.8 Å². The maximum absolute atomic E-state index is 5.47. The highest BCUT2D eigenvalue weighted by Gasteiger charge is 2.24. The molecule has 100 valence electrons. The summed E-state index contributed by atoms with van der Waals surface area (Å²) >= 11 is 0. The molecule has 0 amide bonds. The summed E-state index contributed by atoms with van der Waals surface area (Å²) < 4.78 is 0. The van der Waals surface area contributed by atoms with E-state index in [-0.39, 0.29) is 17.4 Å². The van der Waals surface area contributed by atoms with Gasteiger partial charge in [0.15, 0.2) is 5.96 Å². The van der Waals surface area contributed by atoms with E-state index in [2.05, 4.69) is 30.7 Å². The molecule has 0 radical (unpaired) electrons. The number of hydrogen-bond acceptors (Lipinski definition) is 4. The zero-order valence-electron chi connectivity index (χ0n) is 11.0. The fourth-order valence-electron chi connectivity index (χ4n) is 1.22. The number of pyridine rings is 1. The predicted molar refractivity (Wildman–Crippen MR) is 81.6 cm³/mol. The molecule has 0 aromatic carbocycles. The Labute approximate surface area is 116 Å². The topological polar surface area (TPSA) is 77.3 Å². The first kappa shape index (κ1) is 15.2. The van der Waals surface area contributed by atoms with Crippen molar-refractivity contribution >= 4 is 27.5 Å². The summed E-state index contributed by atoms with van der Waals surface area (Å²) in [6.07, 6.45) is 1.79. The van der Waals surface area contributed by atoms with Gasteiger partial charge in [0.2, 0.25) is 0 Å². The second-order valence-corrected chi connectivity index (χ2v) is 7.33. The van der Waals surface area contributed by atoms with Gasteiger partial charge >= 0.3 is 0 Å². The third-order valence-corrected chi connectivity index (χ3v) is 4.57. The molecule has 0 aliphatic rings. The van der Waals surface area contributed by atoms with Crippen molar-refractivity contribution in [3.8, 4) is 0 Å². The molecule has 1 heterocycles. The third-order valence-electron chi connectivity index (χ3n) is 2.31. The van der Waals surface area contributed by atoms with Crippen LogP contribution in [0, 0.1) is 5.41 Å². The van der Waals surface area contributed by atoms with Crippen molar-refractivity contribution in [3.63, 3.8) is 0 Å². The maximum Gasteiger partial charge on any atom is 0.186 e. The minimum atomic E-state index is 0.0433. The first-order valence-corrected chi connectivity index (χ1v) is 8.00. The van der Waals surface area contributed by atoms with Gasteiger partial charge in [-0.2, -0.15) is 0 Å². The Morgan fingerprint density at radius 3 is 2.61 bits per heavy atom. The Kier molecular flexibility index (Phi) is 5.81. The van der Waals surface area contributed by atoms with Crippen LogP contribution in [0.25, 0.3) is 0 Å². The lowest BCUT2D eigenvalue weighted by Crippen LogP contribution is -2.33. The molecule has 1 aromatic rings. The van der Waals surface area contributed by atoms with Gasteiger partial charge in [-0.05, 0) is 28.3 Å². The van der Waals surface area contributed by atoms with Crippen LogP contribution < -0.4 is 11.5 Å². The summed E-state index contributed by atoms with van der Waals surface area (Å²) in [5.41, 5.74) is 11.0.